The summed E-state index contributed by atoms with van der Waals surface area (Å²) in [4.78, 5) is 36.8. The molecule has 1 aliphatic rings. The van der Waals surface area contributed by atoms with Crippen LogP contribution in [0.4, 0.5) is 0 Å². The smallest absolute Gasteiger partial charge is 0.335 e. The average molecular weight is 821 g/mol. The molecule has 6 unspecified atom stereocenters. The Hall–Kier alpha value is -2.83. The monoisotopic (exact) mass is 821 g/mol. The summed E-state index contributed by atoms with van der Waals surface area (Å²) in [5.41, 5.74) is 0. The number of esters is 2. The third-order valence-electron chi connectivity index (χ3n) is 10.2. The van der Waals surface area contributed by atoms with E-state index in [0.29, 0.717) is 12.8 Å². The molecule has 1 fully saturated rings. The molecule has 334 valence electrons. The van der Waals surface area contributed by atoms with Crippen LogP contribution in [0.15, 0.2) is 48.6 Å². The van der Waals surface area contributed by atoms with Gasteiger partial charge in [0.05, 0.1) is 6.61 Å². The molecular formula is C47H80O11. The van der Waals surface area contributed by atoms with Gasteiger partial charge in [0.2, 0.25) is 0 Å². The fourth-order valence-corrected chi connectivity index (χ4v) is 6.51. The summed E-state index contributed by atoms with van der Waals surface area (Å²) in [5.74, 6) is -2.47. The Balaban J connectivity index is 2.37. The van der Waals surface area contributed by atoms with E-state index in [4.69, 9.17) is 18.9 Å². The van der Waals surface area contributed by atoms with Crippen molar-refractivity contribution in [1.29, 1.82) is 0 Å². The van der Waals surface area contributed by atoms with E-state index >= 15 is 0 Å². The molecule has 0 aliphatic carbocycles. The number of hydrogen-bond acceptors (Lipinski definition) is 10. The highest BCUT2D eigenvalue weighted by atomic mass is 16.7. The van der Waals surface area contributed by atoms with Crippen LogP contribution in [0.1, 0.15) is 181 Å². The number of aliphatic carboxylic acids is 1. The second-order valence-corrected chi connectivity index (χ2v) is 15.5. The van der Waals surface area contributed by atoms with Crippen molar-refractivity contribution in [3.63, 3.8) is 0 Å². The molecule has 1 rings (SSSR count). The third-order valence-corrected chi connectivity index (χ3v) is 10.2. The number of aliphatic hydroxyl groups is 3. The van der Waals surface area contributed by atoms with Gasteiger partial charge in [-0.05, 0) is 70.6 Å². The Labute approximate surface area is 350 Å². The van der Waals surface area contributed by atoms with Gasteiger partial charge in [0.25, 0.3) is 0 Å². The number of carbonyl (C=O) groups is 3. The Morgan fingerprint density at radius 1 is 0.534 bits per heavy atom. The van der Waals surface area contributed by atoms with Crippen LogP contribution in [0.3, 0.4) is 0 Å². The zero-order valence-corrected chi connectivity index (χ0v) is 36.0. The van der Waals surface area contributed by atoms with E-state index in [9.17, 15) is 34.8 Å². The van der Waals surface area contributed by atoms with Gasteiger partial charge in [-0.2, -0.15) is 0 Å². The van der Waals surface area contributed by atoms with Gasteiger partial charge in [-0.1, -0.05) is 146 Å². The molecule has 0 amide bonds. The largest absolute Gasteiger partial charge is 0.479 e. The minimum atomic E-state index is -1.87. The Morgan fingerprint density at radius 3 is 1.48 bits per heavy atom. The zero-order chi connectivity index (χ0) is 42.5. The summed E-state index contributed by atoms with van der Waals surface area (Å²) in [6.07, 6.45) is 34.4. The number of carboxylic acid groups (broad SMARTS) is 1. The first-order chi connectivity index (χ1) is 28.2. The van der Waals surface area contributed by atoms with Crippen LogP contribution in [0.2, 0.25) is 0 Å². The number of ether oxygens (including phenoxy) is 4. The molecule has 0 saturated carbocycles. The number of carboxylic acids is 1. The van der Waals surface area contributed by atoms with E-state index in [1.807, 2.05) is 0 Å². The van der Waals surface area contributed by atoms with Crippen LogP contribution in [0.25, 0.3) is 0 Å². The summed E-state index contributed by atoms with van der Waals surface area (Å²) >= 11 is 0. The van der Waals surface area contributed by atoms with E-state index < -0.39 is 61.3 Å². The first kappa shape index (κ1) is 53.2. The number of rotatable bonds is 37. The summed E-state index contributed by atoms with van der Waals surface area (Å²) in [6, 6.07) is 0. The number of aliphatic hydroxyl groups excluding tert-OH is 3. The van der Waals surface area contributed by atoms with Crippen molar-refractivity contribution in [3.05, 3.63) is 48.6 Å². The van der Waals surface area contributed by atoms with Gasteiger partial charge >= 0.3 is 17.9 Å². The second kappa shape index (κ2) is 37.2. The molecule has 1 aliphatic heterocycles. The molecule has 0 aromatic carbocycles. The second-order valence-electron chi connectivity index (χ2n) is 15.5. The molecule has 6 atom stereocenters. The molecule has 0 spiro atoms. The van der Waals surface area contributed by atoms with Gasteiger partial charge < -0.3 is 39.4 Å². The van der Waals surface area contributed by atoms with Gasteiger partial charge in [-0.15, -0.1) is 0 Å². The van der Waals surface area contributed by atoms with Gasteiger partial charge in [-0.25, -0.2) is 4.79 Å². The van der Waals surface area contributed by atoms with E-state index in [0.717, 1.165) is 77.0 Å². The molecule has 0 radical (unpaired) electrons. The summed E-state index contributed by atoms with van der Waals surface area (Å²) in [7, 11) is 0. The maximum Gasteiger partial charge on any atom is 0.335 e. The molecule has 4 N–H and O–H groups in total. The number of carbonyl (C=O) groups excluding carboxylic acids is 2. The molecule has 11 nitrogen and oxygen atoms in total. The summed E-state index contributed by atoms with van der Waals surface area (Å²) < 4.78 is 21.7. The van der Waals surface area contributed by atoms with Crippen LogP contribution in [-0.4, -0.2) is 88.4 Å². The highest BCUT2D eigenvalue weighted by Crippen LogP contribution is 2.23. The first-order valence-corrected chi connectivity index (χ1v) is 22.7. The van der Waals surface area contributed by atoms with Crippen molar-refractivity contribution in [2.75, 3.05) is 13.2 Å². The first-order valence-electron chi connectivity index (χ1n) is 22.7. The highest BCUT2D eigenvalue weighted by Gasteiger charge is 2.47. The standard InChI is InChI=1S/C47H80O11/c1-3-5-7-9-11-13-15-17-19-20-21-22-24-25-27-29-31-33-35-40(48)55-37-39(38-56-47-44(52)42(50)43(51)45(58-47)46(53)54)57-41(49)36-34-32-30-28-26-23-18-16-14-12-10-8-6-4-2/h10,12-13,15-16,18-20,39,42-45,47,50-52H,3-9,11,14,17,21-38H2,1-2H3,(H,53,54)/b12-10-,15-13-,18-16-,20-19-. The Morgan fingerprint density at radius 2 is 0.983 bits per heavy atom. The van der Waals surface area contributed by atoms with Gasteiger partial charge in [-0.3, -0.25) is 9.59 Å². The van der Waals surface area contributed by atoms with Crippen molar-refractivity contribution in [2.24, 2.45) is 0 Å². The Kier molecular flexibility index (Phi) is 34.1. The van der Waals surface area contributed by atoms with Crippen molar-refractivity contribution in [1.82, 2.24) is 0 Å². The predicted molar refractivity (Wildman–Crippen MR) is 229 cm³/mol. The van der Waals surface area contributed by atoms with E-state index in [-0.39, 0.29) is 19.4 Å². The van der Waals surface area contributed by atoms with E-state index in [1.165, 1.54) is 64.2 Å². The van der Waals surface area contributed by atoms with E-state index in [1.54, 1.807) is 0 Å². The van der Waals surface area contributed by atoms with Crippen LogP contribution in [0.5, 0.6) is 0 Å². The quantitative estimate of drug-likeness (QED) is 0.0267. The predicted octanol–water partition coefficient (Wildman–Crippen LogP) is 9.76. The number of allylic oxidation sites excluding steroid dienone is 8. The topological polar surface area (TPSA) is 169 Å². The Bertz CT molecular complexity index is 1150. The normalized spacial score (nSPS) is 20.5. The maximum absolute atomic E-state index is 12.8. The molecule has 58 heavy (non-hydrogen) atoms. The van der Waals surface area contributed by atoms with Crippen molar-refractivity contribution >= 4 is 17.9 Å². The molecular weight excluding hydrogens is 741 g/mol. The lowest BCUT2D eigenvalue weighted by Crippen LogP contribution is -2.60. The SMILES string of the molecule is CCCC/C=C\C/C=C\CCCCCCCC(=O)OC(COC(=O)CCCCCCCCC/C=C\C/C=C\CCCCCC)COC1OC(C(=O)O)C(O)C(O)C1O. The maximum atomic E-state index is 12.8. The summed E-state index contributed by atoms with van der Waals surface area (Å²) in [6.45, 7) is 3.73. The highest BCUT2D eigenvalue weighted by molar-refractivity contribution is 5.73. The lowest BCUT2D eigenvalue weighted by Gasteiger charge is -2.38. The minimum absolute atomic E-state index is 0.164. The van der Waals surface area contributed by atoms with Crippen molar-refractivity contribution < 1.29 is 53.8 Å². The van der Waals surface area contributed by atoms with Crippen LogP contribution < -0.4 is 0 Å². The van der Waals surface area contributed by atoms with Crippen LogP contribution in [-0.2, 0) is 33.3 Å². The fraction of sp³-hybridized carbons (Fsp3) is 0.766. The minimum Gasteiger partial charge on any atom is -0.479 e. The molecule has 11 heteroatoms. The van der Waals surface area contributed by atoms with Crippen molar-refractivity contribution in [3.8, 4) is 0 Å². The van der Waals surface area contributed by atoms with Crippen LogP contribution >= 0.6 is 0 Å². The molecule has 0 aromatic rings. The van der Waals surface area contributed by atoms with Gasteiger partial charge in [0.1, 0.15) is 24.9 Å². The lowest BCUT2D eigenvalue weighted by molar-refractivity contribution is -0.298. The molecule has 0 aromatic heterocycles. The number of hydrogen-bond donors (Lipinski definition) is 4. The van der Waals surface area contributed by atoms with Crippen LogP contribution in [0, 0.1) is 0 Å². The third kappa shape index (κ3) is 28.6. The number of unbranched alkanes of at least 4 members (excludes halogenated alkanes) is 18. The molecule has 0 bridgehead atoms. The van der Waals surface area contributed by atoms with Crippen molar-refractivity contribution in [2.45, 2.75) is 218 Å². The van der Waals surface area contributed by atoms with E-state index in [2.05, 4.69) is 62.5 Å². The molecule has 1 saturated heterocycles. The lowest BCUT2D eigenvalue weighted by atomic mass is 9.99. The molecule has 1 heterocycles. The van der Waals surface area contributed by atoms with Gasteiger partial charge in [0, 0.05) is 12.8 Å². The fourth-order valence-electron chi connectivity index (χ4n) is 6.51. The average Bonchev–Trinajstić information content (AvgIpc) is 3.21. The van der Waals surface area contributed by atoms with Gasteiger partial charge in [0.15, 0.2) is 18.5 Å². The summed E-state index contributed by atoms with van der Waals surface area (Å²) in [5, 5.41) is 39.8. The zero-order valence-electron chi connectivity index (χ0n) is 36.0.